The molecule has 2 heterocycles. The number of hydrogen-bond donors (Lipinski definition) is 3. The molecule has 6 nitrogen and oxygen atoms in total. The maximum atomic E-state index is 10.5. The Balaban J connectivity index is 1.45. The van der Waals surface area contributed by atoms with E-state index in [1.54, 1.807) is 6.26 Å². The van der Waals surface area contributed by atoms with E-state index < -0.39 is 6.10 Å². The monoisotopic (exact) mass is 405 g/mol. The highest BCUT2D eigenvalue weighted by atomic mass is 16.5. The van der Waals surface area contributed by atoms with Crippen LogP contribution in [0.1, 0.15) is 35.5 Å². The van der Waals surface area contributed by atoms with Crippen LogP contribution in [0.15, 0.2) is 82.4 Å². The Hall–Kier alpha value is -3.25. The zero-order valence-electron chi connectivity index (χ0n) is 16.8. The molecule has 2 unspecified atom stereocenters. The Labute approximate surface area is 176 Å². The zero-order chi connectivity index (χ0) is 20.6. The largest absolute Gasteiger partial charge is 0.493 e. The van der Waals surface area contributed by atoms with Gasteiger partial charge in [0.25, 0.3) is 0 Å². The number of furan rings is 1. The number of hydrogen-bond acceptors (Lipinski definition) is 4. The number of aliphatic hydroxyl groups excluding tert-OH is 1. The van der Waals surface area contributed by atoms with Crippen LogP contribution in [-0.2, 0) is 6.42 Å². The van der Waals surface area contributed by atoms with Crippen LogP contribution in [0.5, 0.6) is 5.75 Å². The van der Waals surface area contributed by atoms with E-state index in [-0.39, 0.29) is 12.6 Å². The normalized spacial score (nSPS) is 17.0. The molecule has 30 heavy (non-hydrogen) atoms. The number of rotatable bonds is 7. The smallest absolute Gasteiger partial charge is 0.191 e. The number of para-hydroxylation sites is 1. The summed E-state index contributed by atoms with van der Waals surface area (Å²) in [5.41, 5.74) is 1.97. The van der Waals surface area contributed by atoms with Gasteiger partial charge in [-0.15, -0.1) is 0 Å². The van der Waals surface area contributed by atoms with Crippen LogP contribution in [0.3, 0.4) is 0 Å². The van der Waals surface area contributed by atoms with E-state index in [0.717, 1.165) is 35.5 Å². The molecule has 3 N–H and O–H groups in total. The number of benzene rings is 2. The number of aliphatic hydroxyl groups is 1. The summed E-state index contributed by atoms with van der Waals surface area (Å²) in [5.74, 6) is 2.49. The molecule has 0 amide bonds. The standard InChI is InChI=1S/C24H27N3O3/c28-22(18-7-2-1-3-8-18)17-26-24(25-14-12-19-9-6-15-29-19)27-21-13-16-30-23-11-5-4-10-20(21)23/h1-11,15,21-22,28H,12-14,16-17H2,(H2,25,26,27). The van der Waals surface area contributed by atoms with E-state index in [1.165, 1.54) is 0 Å². The SMILES string of the molecule is OC(CN=C(NCCc1ccco1)NC1CCOc2ccccc21)c1ccccc1. The minimum Gasteiger partial charge on any atom is -0.493 e. The summed E-state index contributed by atoms with van der Waals surface area (Å²) < 4.78 is 11.2. The van der Waals surface area contributed by atoms with Crippen LogP contribution in [-0.4, -0.2) is 30.8 Å². The van der Waals surface area contributed by atoms with Crippen LogP contribution in [0.4, 0.5) is 0 Å². The summed E-state index contributed by atoms with van der Waals surface area (Å²) in [7, 11) is 0. The molecule has 1 aliphatic rings. The third-order valence-electron chi connectivity index (χ3n) is 5.12. The highest BCUT2D eigenvalue weighted by molar-refractivity contribution is 5.80. The number of nitrogens with one attached hydrogen (secondary N) is 2. The van der Waals surface area contributed by atoms with Crippen LogP contribution >= 0.6 is 0 Å². The van der Waals surface area contributed by atoms with Crippen LogP contribution < -0.4 is 15.4 Å². The topological polar surface area (TPSA) is 79.0 Å². The summed E-state index contributed by atoms with van der Waals surface area (Å²) in [6.07, 6.45) is 2.62. The fourth-order valence-corrected chi connectivity index (χ4v) is 3.53. The first kappa shape index (κ1) is 20.0. The Morgan fingerprint density at radius 2 is 1.90 bits per heavy atom. The molecule has 0 saturated carbocycles. The van der Waals surface area contributed by atoms with Crippen molar-refractivity contribution in [3.63, 3.8) is 0 Å². The van der Waals surface area contributed by atoms with Gasteiger partial charge < -0.3 is 24.9 Å². The molecule has 0 aliphatic carbocycles. The highest BCUT2D eigenvalue weighted by Crippen LogP contribution is 2.31. The molecule has 0 radical (unpaired) electrons. The van der Waals surface area contributed by atoms with Crippen LogP contribution in [0, 0.1) is 0 Å². The second-order valence-corrected chi connectivity index (χ2v) is 7.24. The van der Waals surface area contributed by atoms with Crippen molar-refractivity contribution >= 4 is 5.96 Å². The van der Waals surface area contributed by atoms with Crippen molar-refractivity contribution in [3.8, 4) is 5.75 Å². The molecule has 0 spiro atoms. The maximum Gasteiger partial charge on any atom is 0.191 e. The predicted molar refractivity (Wildman–Crippen MR) is 117 cm³/mol. The molecule has 0 bridgehead atoms. The summed E-state index contributed by atoms with van der Waals surface area (Å²) >= 11 is 0. The first-order chi connectivity index (χ1) is 14.8. The molecule has 1 aliphatic heterocycles. The third kappa shape index (κ3) is 5.21. The summed E-state index contributed by atoms with van der Waals surface area (Å²) in [6, 6.07) is 21.6. The van der Waals surface area contributed by atoms with Gasteiger partial charge in [0.05, 0.1) is 31.6 Å². The second-order valence-electron chi connectivity index (χ2n) is 7.24. The van der Waals surface area contributed by atoms with Crippen molar-refractivity contribution in [1.29, 1.82) is 0 Å². The molecule has 4 rings (SSSR count). The van der Waals surface area contributed by atoms with Gasteiger partial charge in [0, 0.05) is 24.9 Å². The van der Waals surface area contributed by atoms with Gasteiger partial charge in [-0.1, -0.05) is 48.5 Å². The van der Waals surface area contributed by atoms with E-state index in [2.05, 4.69) is 21.7 Å². The molecule has 2 aromatic carbocycles. The average molecular weight is 405 g/mol. The third-order valence-corrected chi connectivity index (χ3v) is 5.12. The Bertz CT molecular complexity index is 941. The van der Waals surface area contributed by atoms with Gasteiger partial charge in [0.2, 0.25) is 0 Å². The van der Waals surface area contributed by atoms with Crippen molar-refractivity contribution in [2.45, 2.75) is 25.0 Å². The van der Waals surface area contributed by atoms with Crippen LogP contribution in [0.2, 0.25) is 0 Å². The number of guanidine groups is 1. The lowest BCUT2D eigenvalue weighted by Gasteiger charge is -2.28. The lowest BCUT2D eigenvalue weighted by Crippen LogP contribution is -2.42. The number of ether oxygens (including phenoxy) is 1. The van der Waals surface area contributed by atoms with Gasteiger partial charge in [0.15, 0.2) is 5.96 Å². The fourth-order valence-electron chi connectivity index (χ4n) is 3.53. The van der Waals surface area contributed by atoms with Crippen LogP contribution in [0.25, 0.3) is 0 Å². The second kappa shape index (κ2) is 9.98. The average Bonchev–Trinajstić information content (AvgIpc) is 3.31. The van der Waals surface area contributed by atoms with Gasteiger partial charge in [-0.3, -0.25) is 4.99 Å². The Morgan fingerprint density at radius 1 is 1.07 bits per heavy atom. The quantitative estimate of drug-likeness (QED) is 0.413. The molecule has 0 fully saturated rings. The van der Waals surface area contributed by atoms with Crippen molar-refractivity contribution in [2.75, 3.05) is 19.7 Å². The minimum absolute atomic E-state index is 0.0960. The Morgan fingerprint density at radius 3 is 2.73 bits per heavy atom. The molecule has 3 aromatic rings. The highest BCUT2D eigenvalue weighted by Gasteiger charge is 2.22. The lowest BCUT2D eigenvalue weighted by molar-refractivity contribution is 0.187. The number of aliphatic imine (C=N–C) groups is 1. The maximum absolute atomic E-state index is 10.5. The molecule has 0 saturated heterocycles. The number of nitrogens with zero attached hydrogens (tertiary/aromatic N) is 1. The molecule has 2 atom stereocenters. The fraction of sp³-hybridized carbons (Fsp3) is 0.292. The minimum atomic E-state index is -0.656. The zero-order valence-corrected chi connectivity index (χ0v) is 16.8. The van der Waals surface area contributed by atoms with Gasteiger partial charge in [0.1, 0.15) is 11.5 Å². The van der Waals surface area contributed by atoms with E-state index in [1.807, 2.05) is 60.7 Å². The molecule has 1 aromatic heterocycles. The van der Waals surface area contributed by atoms with Gasteiger partial charge in [-0.25, -0.2) is 0 Å². The summed E-state index contributed by atoms with van der Waals surface area (Å²) in [5, 5.41) is 17.4. The van der Waals surface area contributed by atoms with Crippen molar-refractivity contribution < 1.29 is 14.3 Å². The Kier molecular flexibility index (Phi) is 6.67. The molecular weight excluding hydrogens is 378 g/mol. The van der Waals surface area contributed by atoms with E-state index in [0.29, 0.717) is 19.1 Å². The van der Waals surface area contributed by atoms with Gasteiger partial charge in [-0.05, 0) is 23.8 Å². The predicted octanol–water partition coefficient (Wildman–Crippen LogP) is 3.61. The molecule has 6 heteroatoms. The lowest BCUT2D eigenvalue weighted by atomic mass is 10.0. The van der Waals surface area contributed by atoms with Gasteiger partial charge >= 0.3 is 0 Å². The van der Waals surface area contributed by atoms with Crippen molar-refractivity contribution in [2.24, 2.45) is 4.99 Å². The van der Waals surface area contributed by atoms with E-state index in [9.17, 15) is 5.11 Å². The van der Waals surface area contributed by atoms with E-state index in [4.69, 9.17) is 9.15 Å². The van der Waals surface area contributed by atoms with Crippen molar-refractivity contribution in [3.05, 3.63) is 89.9 Å². The van der Waals surface area contributed by atoms with Crippen molar-refractivity contribution in [1.82, 2.24) is 10.6 Å². The summed E-state index contributed by atoms with van der Waals surface area (Å²) in [6.45, 7) is 1.59. The number of fused-ring (bicyclic) bond motifs is 1. The molecule has 156 valence electrons. The molecular formula is C24H27N3O3. The van der Waals surface area contributed by atoms with E-state index >= 15 is 0 Å². The first-order valence-corrected chi connectivity index (χ1v) is 10.3. The van der Waals surface area contributed by atoms with Gasteiger partial charge in [-0.2, -0.15) is 0 Å². The summed E-state index contributed by atoms with van der Waals surface area (Å²) in [4.78, 5) is 4.66. The first-order valence-electron chi connectivity index (χ1n) is 10.3.